The van der Waals surface area contributed by atoms with Crippen LogP contribution in [-0.2, 0) is 0 Å². The van der Waals surface area contributed by atoms with Crippen LogP contribution in [0.1, 0.15) is 17.3 Å². The second-order valence-corrected chi connectivity index (χ2v) is 5.74. The van der Waals surface area contributed by atoms with E-state index in [4.69, 9.17) is 17.0 Å². The van der Waals surface area contributed by atoms with Gasteiger partial charge in [-0.15, -0.1) is 0 Å². The number of hydrogen-bond acceptors (Lipinski definition) is 6. The molecule has 0 aliphatic carbocycles. The molecular weight excluding hydrogens is 344 g/mol. The van der Waals surface area contributed by atoms with E-state index in [0.717, 1.165) is 28.5 Å². The number of nitrogens with zero attached hydrogens (tertiary/aromatic N) is 2. The number of benzene rings is 2. The minimum atomic E-state index is -0.292. The number of ether oxygens (including phenoxy) is 1. The number of hydrogen-bond donors (Lipinski definition) is 2. The molecule has 0 spiro atoms. The molecule has 1 aromatic heterocycles. The fourth-order valence-electron chi connectivity index (χ4n) is 2.11. The first-order valence-electron chi connectivity index (χ1n) is 7.24. The Kier molecular flexibility index (Phi) is 4.97. The highest BCUT2D eigenvalue weighted by molar-refractivity contribution is 7.80. The van der Waals surface area contributed by atoms with Gasteiger partial charge in [0.05, 0.1) is 24.0 Å². The summed E-state index contributed by atoms with van der Waals surface area (Å²) < 4.78 is 13.7. The first-order valence-corrected chi connectivity index (χ1v) is 8.37. The van der Waals surface area contributed by atoms with Gasteiger partial charge < -0.3 is 10.1 Å². The van der Waals surface area contributed by atoms with Crippen LogP contribution in [0.5, 0.6) is 5.75 Å². The van der Waals surface area contributed by atoms with Gasteiger partial charge in [0.25, 0.3) is 5.91 Å². The van der Waals surface area contributed by atoms with Gasteiger partial charge in [0.2, 0.25) is 0 Å². The zero-order valence-electron chi connectivity index (χ0n) is 12.8. The van der Waals surface area contributed by atoms with Gasteiger partial charge in [0.15, 0.2) is 5.11 Å². The highest BCUT2D eigenvalue weighted by atomic mass is 32.1. The summed E-state index contributed by atoms with van der Waals surface area (Å²) in [6.07, 6.45) is 0. The number of anilines is 1. The maximum absolute atomic E-state index is 12.2. The third-order valence-electron chi connectivity index (χ3n) is 3.19. The molecule has 3 rings (SSSR count). The Hall–Kier alpha value is -2.58. The normalized spacial score (nSPS) is 10.4. The van der Waals surface area contributed by atoms with Gasteiger partial charge in [0, 0.05) is 5.56 Å². The monoisotopic (exact) mass is 358 g/mol. The second kappa shape index (κ2) is 7.33. The number of carbonyl (C=O) groups is 1. The molecule has 2 N–H and O–H groups in total. The topological polar surface area (TPSA) is 76.1 Å². The third kappa shape index (κ3) is 3.66. The number of amides is 1. The molecule has 122 valence electrons. The molecule has 0 saturated heterocycles. The minimum absolute atomic E-state index is 0.203. The SMILES string of the molecule is CCOc1ccc(C(=O)NC(=S)Nc2cccc3nsnc23)cc1. The van der Waals surface area contributed by atoms with E-state index in [1.165, 1.54) is 0 Å². The van der Waals surface area contributed by atoms with Crippen LogP contribution in [0, 0.1) is 0 Å². The van der Waals surface area contributed by atoms with Gasteiger partial charge in [-0.25, -0.2) is 0 Å². The quantitative estimate of drug-likeness (QED) is 0.698. The smallest absolute Gasteiger partial charge is 0.257 e. The lowest BCUT2D eigenvalue weighted by Gasteiger charge is -2.10. The lowest BCUT2D eigenvalue weighted by atomic mass is 10.2. The van der Waals surface area contributed by atoms with E-state index in [9.17, 15) is 4.79 Å². The molecule has 0 aliphatic rings. The number of rotatable bonds is 4. The molecule has 0 unspecified atom stereocenters. The fraction of sp³-hybridized carbons (Fsp3) is 0.125. The standard InChI is InChI=1S/C16H14N4O2S2/c1-2-22-11-8-6-10(7-9-11)15(21)18-16(23)17-12-4-3-5-13-14(12)20-24-19-13/h3-9H,2H2,1H3,(H2,17,18,21,23). The molecule has 0 atom stereocenters. The summed E-state index contributed by atoms with van der Waals surface area (Å²) in [6.45, 7) is 2.49. The predicted molar refractivity (Wildman–Crippen MR) is 98.7 cm³/mol. The van der Waals surface area contributed by atoms with Gasteiger partial charge in [-0.2, -0.15) is 8.75 Å². The molecule has 0 radical (unpaired) electrons. The van der Waals surface area contributed by atoms with Crippen molar-refractivity contribution in [1.82, 2.24) is 14.1 Å². The van der Waals surface area contributed by atoms with E-state index < -0.39 is 0 Å². The van der Waals surface area contributed by atoms with E-state index in [2.05, 4.69) is 19.4 Å². The van der Waals surface area contributed by atoms with Crippen LogP contribution in [0.25, 0.3) is 11.0 Å². The minimum Gasteiger partial charge on any atom is -0.494 e. The van der Waals surface area contributed by atoms with Crippen LogP contribution in [0.3, 0.4) is 0 Å². The molecule has 8 heteroatoms. The molecule has 1 heterocycles. The maximum Gasteiger partial charge on any atom is 0.257 e. The summed E-state index contributed by atoms with van der Waals surface area (Å²) in [4.78, 5) is 12.2. The van der Waals surface area contributed by atoms with Gasteiger partial charge >= 0.3 is 0 Å². The van der Waals surface area contributed by atoms with Crippen molar-refractivity contribution in [3.05, 3.63) is 48.0 Å². The molecular formula is C16H14N4O2S2. The fourth-order valence-corrected chi connectivity index (χ4v) is 2.86. The Morgan fingerprint density at radius 3 is 2.75 bits per heavy atom. The number of carbonyl (C=O) groups excluding carboxylic acids is 1. The molecule has 2 aromatic carbocycles. The van der Waals surface area contributed by atoms with Crippen LogP contribution < -0.4 is 15.4 Å². The van der Waals surface area contributed by atoms with Crippen molar-refractivity contribution in [3.8, 4) is 5.75 Å². The summed E-state index contributed by atoms with van der Waals surface area (Å²) in [5.74, 6) is 0.427. The summed E-state index contributed by atoms with van der Waals surface area (Å²) >= 11 is 6.33. The van der Waals surface area contributed by atoms with E-state index in [0.29, 0.717) is 17.9 Å². The molecule has 3 aromatic rings. The first kappa shape index (κ1) is 16.3. The zero-order valence-corrected chi connectivity index (χ0v) is 14.4. The zero-order chi connectivity index (χ0) is 16.9. The van der Waals surface area contributed by atoms with E-state index in [-0.39, 0.29) is 11.0 Å². The maximum atomic E-state index is 12.2. The highest BCUT2D eigenvalue weighted by Crippen LogP contribution is 2.21. The predicted octanol–water partition coefficient (Wildman–Crippen LogP) is 3.22. The Morgan fingerprint density at radius 2 is 2.00 bits per heavy atom. The van der Waals surface area contributed by atoms with E-state index in [1.54, 1.807) is 24.3 Å². The largest absolute Gasteiger partial charge is 0.494 e. The average Bonchev–Trinajstić information content (AvgIpc) is 3.05. The molecule has 0 fully saturated rings. The van der Waals surface area contributed by atoms with Crippen molar-refractivity contribution < 1.29 is 9.53 Å². The van der Waals surface area contributed by atoms with Gasteiger partial charge in [0.1, 0.15) is 16.8 Å². The molecule has 24 heavy (non-hydrogen) atoms. The number of nitrogens with one attached hydrogen (secondary N) is 2. The van der Waals surface area contributed by atoms with Gasteiger partial charge in [-0.05, 0) is 55.5 Å². The summed E-state index contributed by atoms with van der Waals surface area (Å²) in [7, 11) is 0. The van der Waals surface area contributed by atoms with Gasteiger partial charge in [-0.1, -0.05) is 6.07 Å². The average molecular weight is 358 g/mol. The Labute approximate surface area is 148 Å². The van der Waals surface area contributed by atoms with Crippen molar-refractivity contribution >= 4 is 51.7 Å². The Morgan fingerprint density at radius 1 is 1.21 bits per heavy atom. The number of thiocarbonyl (C=S) groups is 1. The van der Waals surface area contributed by atoms with Crippen LogP contribution in [0.15, 0.2) is 42.5 Å². The summed E-state index contributed by atoms with van der Waals surface area (Å²) in [5, 5.41) is 5.83. The first-order chi connectivity index (χ1) is 11.7. The van der Waals surface area contributed by atoms with Crippen molar-refractivity contribution in [2.45, 2.75) is 6.92 Å². The van der Waals surface area contributed by atoms with Crippen LogP contribution in [0.4, 0.5) is 5.69 Å². The lowest BCUT2D eigenvalue weighted by Crippen LogP contribution is -2.34. The number of fused-ring (bicyclic) bond motifs is 1. The summed E-state index contributed by atoms with van der Waals surface area (Å²) in [6, 6.07) is 12.4. The van der Waals surface area contributed by atoms with Crippen LogP contribution >= 0.6 is 23.9 Å². The van der Waals surface area contributed by atoms with Crippen molar-refractivity contribution in [3.63, 3.8) is 0 Å². The van der Waals surface area contributed by atoms with Crippen molar-refractivity contribution in [1.29, 1.82) is 0 Å². The second-order valence-electron chi connectivity index (χ2n) is 4.80. The van der Waals surface area contributed by atoms with E-state index in [1.807, 2.05) is 25.1 Å². The molecule has 6 nitrogen and oxygen atoms in total. The van der Waals surface area contributed by atoms with Crippen LogP contribution in [-0.4, -0.2) is 26.4 Å². The van der Waals surface area contributed by atoms with Crippen LogP contribution in [0.2, 0.25) is 0 Å². The van der Waals surface area contributed by atoms with E-state index >= 15 is 0 Å². The Bertz CT molecular complexity index is 877. The Balaban J connectivity index is 1.66. The molecule has 0 bridgehead atoms. The molecule has 0 saturated carbocycles. The van der Waals surface area contributed by atoms with Crippen molar-refractivity contribution in [2.75, 3.05) is 11.9 Å². The van der Waals surface area contributed by atoms with Crippen molar-refractivity contribution in [2.24, 2.45) is 0 Å². The number of aromatic nitrogens is 2. The third-order valence-corrected chi connectivity index (χ3v) is 3.94. The summed E-state index contributed by atoms with van der Waals surface area (Å²) in [5.41, 5.74) is 2.71. The molecule has 1 amide bonds. The highest BCUT2D eigenvalue weighted by Gasteiger charge is 2.10. The lowest BCUT2D eigenvalue weighted by molar-refractivity contribution is 0.0977. The van der Waals surface area contributed by atoms with Gasteiger partial charge in [-0.3, -0.25) is 10.1 Å². The molecule has 0 aliphatic heterocycles.